The first-order chi connectivity index (χ1) is 12.9. The van der Waals surface area contributed by atoms with E-state index in [4.69, 9.17) is 0 Å². The van der Waals surface area contributed by atoms with Crippen LogP contribution in [0, 0.1) is 12.8 Å². The number of benzene rings is 1. The SMILES string of the molecule is CCCCC(CC)CNC(=O)c1cc(S(=O)(=O)N2CCCCC2)ccc1C. The van der Waals surface area contributed by atoms with E-state index in [-0.39, 0.29) is 10.8 Å². The van der Waals surface area contributed by atoms with E-state index in [1.165, 1.54) is 0 Å². The monoisotopic (exact) mass is 394 g/mol. The minimum absolute atomic E-state index is 0.182. The van der Waals surface area contributed by atoms with Gasteiger partial charge in [-0.05, 0) is 49.8 Å². The fraction of sp³-hybridized carbons (Fsp3) is 0.667. The number of carbonyl (C=O) groups is 1. The molecule has 0 saturated carbocycles. The molecule has 0 bridgehead atoms. The minimum Gasteiger partial charge on any atom is -0.352 e. The van der Waals surface area contributed by atoms with Crippen molar-refractivity contribution in [3.05, 3.63) is 29.3 Å². The van der Waals surface area contributed by atoms with Crippen LogP contribution in [-0.4, -0.2) is 38.3 Å². The Morgan fingerprint density at radius 2 is 1.89 bits per heavy atom. The van der Waals surface area contributed by atoms with Crippen LogP contribution in [0.2, 0.25) is 0 Å². The normalized spacial score (nSPS) is 16.9. The number of amides is 1. The van der Waals surface area contributed by atoms with Gasteiger partial charge in [0.25, 0.3) is 5.91 Å². The highest BCUT2D eigenvalue weighted by Crippen LogP contribution is 2.23. The van der Waals surface area contributed by atoms with Crippen LogP contribution in [0.25, 0.3) is 0 Å². The van der Waals surface area contributed by atoms with Crippen molar-refractivity contribution in [3.8, 4) is 0 Å². The Morgan fingerprint density at radius 3 is 2.52 bits per heavy atom. The van der Waals surface area contributed by atoms with Gasteiger partial charge in [-0.25, -0.2) is 8.42 Å². The van der Waals surface area contributed by atoms with Gasteiger partial charge in [-0.2, -0.15) is 4.31 Å². The zero-order chi connectivity index (χ0) is 19.9. The van der Waals surface area contributed by atoms with Crippen LogP contribution in [0.3, 0.4) is 0 Å². The Bertz CT molecular complexity index is 725. The van der Waals surface area contributed by atoms with Crippen LogP contribution >= 0.6 is 0 Å². The van der Waals surface area contributed by atoms with Crippen molar-refractivity contribution in [2.24, 2.45) is 5.92 Å². The number of carbonyl (C=O) groups excluding carboxylic acids is 1. The third-order valence-corrected chi connectivity index (χ3v) is 7.40. The lowest BCUT2D eigenvalue weighted by Gasteiger charge is -2.26. The van der Waals surface area contributed by atoms with Crippen LogP contribution in [-0.2, 0) is 10.0 Å². The molecular formula is C21H34N2O3S. The van der Waals surface area contributed by atoms with E-state index in [1.54, 1.807) is 22.5 Å². The van der Waals surface area contributed by atoms with Crippen molar-refractivity contribution in [2.75, 3.05) is 19.6 Å². The van der Waals surface area contributed by atoms with Crippen molar-refractivity contribution >= 4 is 15.9 Å². The number of unbranched alkanes of at least 4 members (excludes halogenated alkanes) is 1. The summed E-state index contributed by atoms with van der Waals surface area (Å²) in [6, 6.07) is 4.90. The Kier molecular flexibility index (Phi) is 8.29. The lowest BCUT2D eigenvalue weighted by molar-refractivity contribution is 0.0945. The number of piperidine rings is 1. The van der Waals surface area contributed by atoms with Gasteiger partial charge in [0.1, 0.15) is 0 Å². The highest BCUT2D eigenvalue weighted by Gasteiger charge is 2.27. The van der Waals surface area contributed by atoms with E-state index < -0.39 is 10.0 Å². The topological polar surface area (TPSA) is 66.5 Å². The molecule has 0 aromatic heterocycles. The quantitative estimate of drug-likeness (QED) is 0.685. The summed E-state index contributed by atoms with van der Waals surface area (Å²) in [5.41, 5.74) is 1.25. The Balaban J connectivity index is 2.12. The zero-order valence-electron chi connectivity index (χ0n) is 17.0. The second kappa shape index (κ2) is 10.2. The summed E-state index contributed by atoms with van der Waals surface area (Å²) in [7, 11) is -3.53. The number of sulfonamides is 1. The molecule has 1 unspecified atom stereocenters. The van der Waals surface area contributed by atoms with Crippen LogP contribution in [0.1, 0.15) is 74.7 Å². The maximum Gasteiger partial charge on any atom is 0.251 e. The third kappa shape index (κ3) is 5.79. The number of hydrogen-bond donors (Lipinski definition) is 1. The average molecular weight is 395 g/mol. The second-order valence-corrected chi connectivity index (χ2v) is 9.51. The zero-order valence-corrected chi connectivity index (χ0v) is 17.8. The van der Waals surface area contributed by atoms with Gasteiger partial charge in [0.2, 0.25) is 10.0 Å². The van der Waals surface area contributed by atoms with Crippen LogP contribution in [0.15, 0.2) is 23.1 Å². The molecule has 1 amide bonds. The van der Waals surface area contributed by atoms with E-state index in [1.807, 2.05) is 6.92 Å². The molecular weight excluding hydrogens is 360 g/mol. The Hall–Kier alpha value is -1.40. The van der Waals surface area contributed by atoms with Crippen LogP contribution in [0.4, 0.5) is 0 Å². The molecule has 1 aliphatic rings. The summed E-state index contributed by atoms with van der Waals surface area (Å²) in [5.74, 6) is 0.285. The molecule has 152 valence electrons. The second-order valence-electron chi connectivity index (χ2n) is 7.57. The smallest absolute Gasteiger partial charge is 0.251 e. The molecule has 0 aliphatic carbocycles. The summed E-state index contributed by atoms with van der Waals surface area (Å²) >= 11 is 0. The van der Waals surface area contributed by atoms with Crippen molar-refractivity contribution < 1.29 is 13.2 Å². The molecule has 5 nitrogen and oxygen atoms in total. The largest absolute Gasteiger partial charge is 0.352 e. The van der Waals surface area contributed by atoms with E-state index in [9.17, 15) is 13.2 Å². The van der Waals surface area contributed by atoms with E-state index >= 15 is 0 Å². The first kappa shape index (κ1) is 21.9. The maximum absolute atomic E-state index is 12.9. The predicted octanol–water partition coefficient (Wildman–Crippen LogP) is 4.12. The predicted molar refractivity (Wildman–Crippen MR) is 109 cm³/mol. The fourth-order valence-corrected chi connectivity index (χ4v) is 5.08. The number of hydrogen-bond acceptors (Lipinski definition) is 3. The lowest BCUT2D eigenvalue weighted by Crippen LogP contribution is -2.36. The molecule has 2 rings (SSSR count). The van der Waals surface area contributed by atoms with Crippen molar-refractivity contribution in [1.29, 1.82) is 0 Å². The van der Waals surface area contributed by atoms with E-state index in [0.29, 0.717) is 31.1 Å². The van der Waals surface area contributed by atoms with Gasteiger partial charge < -0.3 is 5.32 Å². The summed E-state index contributed by atoms with van der Waals surface area (Å²) in [5, 5.41) is 3.01. The molecule has 0 radical (unpaired) electrons. The van der Waals surface area contributed by atoms with E-state index in [2.05, 4.69) is 19.2 Å². The molecule has 1 heterocycles. The molecule has 1 aromatic carbocycles. The standard InChI is InChI=1S/C21H34N2O3S/c1-4-6-10-18(5-2)16-22-21(24)20-15-19(12-11-17(20)3)27(25,26)23-13-8-7-9-14-23/h11-12,15,18H,4-10,13-14,16H2,1-3H3,(H,22,24). The highest BCUT2D eigenvalue weighted by molar-refractivity contribution is 7.89. The average Bonchev–Trinajstić information content (AvgIpc) is 2.68. The first-order valence-corrected chi connectivity index (χ1v) is 11.7. The van der Waals surface area contributed by atoms with Gasteiger partial charge in [0, 0.05) is 25.2 Å². The summed E-state index contributed by atoms with van der Waals surface area (Å²) in [6.07, 6.45) is 7.32. The Labute approximate surface area is 164 Å². The molecule has 0 spiro atoms. The van der Waals surface area contributed by atoms with Crippen molar-refractivity contribution in [3.63, 3.8) is 0 Å². The molecule has 1 atom stereocenters. The van der Waals surface area contributed by atoms with Gasteiger partial charge in [0.15, 0.2) is 0 Å². The van der Waals surface area contributed by atoms with Gasteiger partial charge in [0.05, 0.1) is 4.90 Å². The first-order valence-electron chi connectivity index (χ1n) is 10.3. The summed E-state index contributed by atoms with van der Waals surface area (Å²) in [6.45, 7) is 7.92. The van der Waals surface area contributed by atoms with Crippen molar-refractivity contribution in [2.45, 2.75) is 70.6 Å². The lowest BCUT2D eigenvalue weighted by atomic mass is 9.99. The molecule has 27 heavy (non-hydrogen) atoms. The Morgan fingerprint density at radius 1 is 1.19 bits per heavy atom. The van der Waals surface area contributed by atoms with Gasteiger partial charge in [-0.1, -0.05) is 45.6 Å². The van der Waals surface area contributed by atoms with Gasteiger partial charge in [-0.15, -0.1) is 0 Å². The van der Waals surface area contributed by atoms with Crippen LogP contribution in [0.5, 0.6) is 0 Å². The molecule has 1 fully saturated rings. The maximum atomic E-state index is 12.9. The van der Waals surface area contributed by atoms with Gasteiger partial charge in [-0.3, -0.25) is 4.79 Å². The summed E-state index contributed by atoms with van der Waals surface area (Å²) < 4.78 is 27.3. The molecule has 1 aliphatic heterocycles. The number of rotatable bonds is 9. The van der Waals surface area contributed by atoms with Crippen molar-refractivity contribution in [1.82, 2.24) is 9.62 Å². The van der Waals surface area contributed by atoms with E-state index in [0.717, 1.165) is 50.5 Å². The fourth-order valence-electron chi connectivity index (χ4n) is 3.54. The number of aryl methyl sites for hydroxylation is 1. The highest BCUT2D eigenvalue weighted by atomic mass is 32.2. The number of nitrogens with zero attached hydrogens (tertiary/aromatic N) is 1. The van der Waals surface area contributed by atoms with Crippen LogP contribution < -0.4 is 5.32 Å². The van der Waals surface area contributed by atoms with Gasteiger partial charge >= 0.3 is 0 Å². The summed E-state index contributed by atoms with van der Waals surface area (Å²) in [4.78, 5) is 12.9. The molecule has 1 N–H and O–H groups in total. The minimum atomic E-state index is -3.53. The molecule has 1 aromatic rings. The molecule has 6 heteroatoms. The molecule has 1 saturated heterocycles. The third-order valence-electron chi connectivity index (χ3n) is 5.50. The number of nitrogens with one attached hydrogen (secondary N) is 1.